The Morgan fingerprint density at radius 1 is 1.06 bits per heavy atom. The second-order valence-electron chi connectivity index (χ2n) is 8.39. The van der Waals surface area contributed by atoms with E-state index in [1.807, 2.05) is 12.1 Å². The number of halogens is 1. The van der Waals surface area contributed by atoms with Gasteiger partial charge < -0.3 is 19.5 Å². The van der Waals surface area contributed by atoms with Gasteiger partial charge in [0, 0.05) is 6.54 Å². The first kappa shape index (κ1) is 20.8. The van der Waals surface area contributed by atoms with Crippen molar-refractivity contribution in [2.45, 2.75) is 50.4 Å². The molecule has 1 atom stereocenters. The number of carbonyl (C=O) groups is 2. The largest absolute Gasteiger partial charge is 0.454 e. The van der Waals surface area contributed by atoms with Crippen LogP contribution >= 0.6 is 0 Å². The third-order valence-corrected chi connectivity index (χ3v) is 6.42. The minimum absolute atomic E-state index is 0.0449. The second-order valence-corrected chi connectivity index (χ2v) is 8.39. The van der Waals surface area contributed by atoms with E-state index in [4.69, 9.17) is 14.2 Å². The maximum absolute atomic E-state index is 14.4. The highest BCUT2D eigenvalue weighted by Crippen LogP contribution is 2.41. The summed E-state index contributed by atoms with van der Waals surface area (Å²) in [4.78, 5) is 28.1. The van der Waals surface area contributed by atoms with Gasteiger partial charge in [0.2, 0.25) is 12.7 Å². The zero-order valence-electron chi connectivity index (χ0n) is 17.6. The molecule has 1 aliphatic carbocycles. The highest BCUT2D eigenvalue weighted by atomic mass is 19.1. The fourth-order valence-electron chi connectivity index (χ4n) is 4.79. The van der Waals surface area contributed by atoms with Crippen molar-refractivity contribution in [3.63, 3.8) is 0 Å². The first-order chi connectivity index (χ1) is 15.6. The number of hydrogen-bond donors (Lipinski definition) is 1. The van der Waals surface area contributed by atoms with E-state index in [1.54, 1.807) is 18.2 Å². The van der Waals surface area contributed by atoms with Crippen molar-refractivity contribution < 1.29 is 28.2 Å². The molecule has 5 rings (SSSR count). The van der Waals surface area contributed by atoms with Crippen LogP contribution in [-0.4, -0.2) is 41.9 Å². The third kappa shape index (κ3) is 3.68. The Kier molecular flexibility index (Phi) is 5.46. The van der Waals surface area contributed by atoms with E-state index in [2.05, 4.69) is 5.32 Å². The van der Waals surface area contributed by atoms with Crippen molar-refractivity contribution in [1.29, 1.82) is 0 Å². The summed E-state index contributed by atoms with van der Waals surface area (Å²) in [5, 5.41) is 2.90. The van der Waals surface area contributed by atoms with Gasteiger partial charge in [-0.2, -0.15) is 0 Å². The molecule has 8 heteroatoms. The summed E-state index contributed by atoms with van der Waals surface area (Å²) < 4.78 is 31.3. The predicted molar refractivity (Wildman–Crippen MR) is 113 cm³/mol. The van der Waals surface area contributed by atoms with Gasteiger partial charge in [-0.25, -0.2) is 4.39 Å². The number of hydrogen-bond acceptors (Lipinski definition) is 5. The molecule has 168 valence electrons. The molecule has 1 N–H and O–H groups in total. The van der Waals surface area contributed by atoms with Gasteiger partial charge in [-0.1, -0.05) is 24.6 Å². The normalized spacial score (nSPS) is 21.0. The Hall–Kier alpha value is -3.13. The van der Waals surface area contributed by atoms with E-state index >= 15 is 0 Å². The van der Waals surface area contributed by atoms with E-state index in [1.165, 1.54) is 17.0 Å². The molecule has 1 saturated carbocycles. The van der Waals surface area contributed by atoms with Gasteiger partial charge >= 0.3 is 0 Å². The topological polar surface area (TPSA) is 77.1 Å². The molecule has 1 unspecified atom stereocenters. The second kappa shape index (κ2) is 8.43. The van der Waals surface area contributed by atoms with Crippen LogP contribution < -0.4 is 14.8 Å². The summed E-state index contributed by atoms with van der Waals surface area (Å²) in [7, 11) is 0. The van der Waals surface area contributed by atoms with Crippen molar-refractivity contribution in [3.05, 3.63) is 59.4 Å². The molecule has 2 aromatic carbocycles. The lowest BCUT2D eigenvalue weighted by atomic mass is 9.89. The Bertz CT molecular complexity index is 1040. The molecule has 2 aliphatic heterocycles. The summed E-state index contributed by atoms with van der Waals surface area (Å²) in [6, 6.07) is 10.5. The predicted octanol–water partition coefficient (Wildman–Crippen LogP) is 3.37. The van der Waals surface area contributed by atoms with Crippen molar-refractivity contribution >= 4 is 11.8 Å². The highest BCUT2D eigenvalue weighted by Gasteiger charge is 2.53. The van der Waals surface area contributed by atoms with Gasteiger partial charge in [-0.3, -0.25) is 14.5 Å². The number of fused-ring (bicyclic) bond motifs is 1. The molecular weight excluding hydrogens is 415 g/mol. The average Bonchev–Trinajstić information content (AvgIpc) is 3.42. The van der Waals surface area contributed by atoms with E-state index in [9.17, 15) is 14.0 Å². The first-order valence-electron chi connectivity index (χ1n) is 11.0. The lowest BCUT2D eigenvalue weighted by Crippen LogP contribution is -2.56. The van der Waals surface area contributed by atoms with Crippen LogP contribution in [0.15, 0.2) is 42.5 Å². The minimum Gasteiger partial charge on any atom is -0.454 e. The van der Waals surface area contributed by atoms with E-state index in [0.717, 1.165) is 24.8 Å². The van der Waals surface area contributed by atoms with Gasteiger partial charge in [0.25, 0.3) is 5.91 Å². The van der Waals surface area contributed by atoms with Crippen LogP contribution in [0.3, 0.4) is 0 Å². The monoisotopic (exact) mass is 440 g/mol. The molecule has 7 nitrogen and oxygen atoms in total. The van der Waals surface area contributed by atoms with Crippen molar-refractivity contribution in [1.82, 2.24) is 10.2 Å². The smallest absolute Gasteiger partial charge is 0.259 e. The molecule has 1 spiro atoms. The van der Waals surface area contributed by atoms with E-state index in [-0.39, 0.29) is 31.4 Å². The molecule has 0 bridgehead atoms. The fourth-order valence-corrected chi connectivity index (χ4v) is 4.79. The van der Waals surface area contributed by atoms with E-state index in [0.29, 0.717) is 24.3 Å². The van der Waals surface area contributed by atoms with Crippen LogP contribution in [0.25, 0.3) is 0 Å². The van der Waals surface area contributed by atoms with Crippen LogP contribution in [0.4, 0.5) is 4.39 Å². The number of carbonyl (C=O) groups excluding carboxylic acids is 2. The van der Waals surface area contributed by atoms with Crippen LogP contribution in [0.2, 0.25) is 0 Å². The molecule has 0 aromatic heterocycles. The third-order valence-electron chi connectivity index (χ3n) is 6.42. The van der Waals surface area contributed by atoms with Crippen molar-refractivity contribution in [2.75, 3.05) is 13.4 Å². The molecule has 2 aromatic rings. The molecule has 3 aliphatic rings. The van der Waals surface area contributed by atoms with Crippen molar-refractivity contribution in [2.24, 2.45) is 0 Å². The zero-order chi connectivity index (χ0) is 22.1. The number of benzene rings is 2. The molecule has 32 heavy (non-hydrogen) atoms. The number of ether oxygens (including phenoxy) is 3. The molecule has 2 heterocycles. The maximum Gasteiger partial charge on any atom is 0.259 e. The summed E-state index contributed by atoms with van der Waals surface area (Å²) in [5.41, 5.74) is -0.0596. The van der Waals surface area contributed by atoms with E-state index < -0.39 is 23.5 Å². The Labute approximate surface area is 185 Å². The number of rotatable bonds is 4. The van der Waals surface area contributed by atoms with Crippen LogP contribution in [-0.2, 0) is 16.1 Å². The first-order valence-corrected chi connectivity index (χ1v) is 11.0. The number of amides is 2. The summed E-state index contributed by atoms with van der Waals surface area (Å²) in [6.07, 6.45) is 4.12. The van der Waals surface area contributed by atoms with Crippen LogP contribution in [0.1, 0.15) is 48.0 Å². The van der Waals surface area contributed by atoms with Crippen LogP contribution in [0.5, 0.6) is 11.5 Å². The Balaban J connectivity index is 1.37. The SMILES string of the molecule is O=C(NCc1ccc2c(c1)OCO2)C1COC2(CCCCC2)N1C(=O)c1ccccc1F. The van der Waals surface area contributed by atoms with Gasteiger partial charge in [0.15, 0.2) is 11.5 Å². The number of nitrogens with zero attached hydrogens (tertiary/aromatic N) is 1. The molecule has 1 saturated heterocycles. The lowest BCUT2D eigenvalue weighted by Gasteiger charge is -2.41. The Morgan fingerprint density at radius 2 is 1.84 bits per heavy atom. The van der Waals surface area contributed by atoms with Gasteiger partial charge in [-0.05, 0) is 55.5 Å². The molecular formula is C24H25FN2O5. The molecule has 0 radical (unpaired) electrons. The van der Waals surface area contributed by atoms with Crippen LogP contribution in [0, 0.1) is 5.82 Å². The van der Waals surface area contributed by atoms with Crippen molar-refractivity contribution in [3.8, 4) is 11.5 Å². The zero-order valence-corrected chi connectivity index (χ0v) is 17.6. The fraction of sp³-hybridized carbons (Fsp3) is 0.417. The quantitative estimate of drug-likeness (QED) is 0.789. The summed E-state index contributed by atoms with van der Waals surface area (Å²) >= 11 is 0. The maximum atomic E-state index is 14.4. The molecule has 2 fully saturated rings. The average molecular weight is 440 g/mol. The molecule has 2 amide bonds. The number of nitrogens with one attached hydrogen (secondary N) is 1. The highest BCUT2D eigenvalue weighted by molar-refractivity contribution is 5.98. The van der Waals surface area contributed by atoms with Gasteiger partial charge in [-0.15, -0.1) is 0 Å². The Morgan fingerprint density at radius 3 is 2.66 bits per heavy atom. The standard InChI is InChI=1S/C24H25FN2O5/c25-18-7-3-2-6-17(18)23(29)27-19(14-32-24(27)10-4-1-5-11-24)22(28)26-13-16-8-9-20-21(12-16)31-15-30-20/h2-3,6-9,12,19H,1,4-5,10-11,13-15H2,(H,26,28). The summed E-state index contributed by atoms with van der Waals surface area (Å²) in [5.74, 6) is -0.126. The summed E-state index contributed by atoms with van der Waals surface area (Å²) in [6.45, 7) is 0.535. The van der Waals surface area contributed by atoms with Gasteiger partial charge in [0.05, 0.1) is 12.2 Å². The lowest BCUT2D eigenvalue weighted by molar-refractivity contribution is -0.127. The minimum atomic E-state index is -0.863. The van der Waals surface area contributed by atoms with Gasteiger partial charge in [0.1, 0.15) is 17.6 Å².